The second-order valence-electron chi connectivity index (χ2n) is 8.93. The maximum Gasteiger partial charge on any atom is 0.343 e. The summed E-state index contributed by atoms with van der Waals surface area (Å²) in [5.74, 6) is 0.933. The van der Waals surface area contributed by atoms with E-state index in [1.165, 1.54) is 37.7 Å². The van der Waals surface area contributed by atoms with E-state index in [0.717, 1.165) is 42.6 Å². The van der Waals surface area contributed by atoms with Gasteiger partial charge in [-0.15, -0.1) is 6.58 Å². The highest BCUT2D eigenvalue weighted by molar-refractivity contribution is 5.91. The Labute approximate surface area is 210 Å². The first-order valence-corrected chi connectivity index (χ1v) is 12.9. The predicted molar refractivity (Wildman–Crippen MR) is 145 cm³/mol. The molecular formula is C32H38O3. The minimum absolute atomic E-state index is 0.365. The monoisotopic (exact) mass is 470 g/mol. The Balaban J connectivity index is 1.45. The van der Waals surface area contributed by atoms with Gasteiger partial charge >= 0.3 is 5.97 Å². The second-order valence-corrected chi connectivity index (χ2v) is 8.93. The van der Waals surface area contributed by atoms with E-state index in [-0.39, 0.29) is 5.97 Å². The molecule has 0 bridgehead atoms. The number of rotatable bonds is 15. The minimum Gasteiger partial charge on any atom is -0.494 e. The summed E-state index contributed by atoms with van der Waals surface area (Å²) in [6.45, 7) is 6.67. The van der Waals surface area contributed by atoms with Gasteiger partial charge in [0, 0.05) is 0 Å². The highest BCUT2D eigenvalue weighted by Gasteiger charge is 2.09. The molecule has 0 aliphatic heterocycles. The molecule has 0 radical (unpaired) electrons. The van der Waals surface area contributed by atoms with Crippen LogP contribution in [0.3, 0.4) is 0 Å². The summed E-state index contributed by atoms with van der Waals surface area (Å²) in [7, 11) is 0. The molecule has 0 aliphatic rings. The number of allylic oxidation sites excluding steroid dienone is 1. The van der Waals surface area contributed by atoms with Crippen LogP contribution in [0, 0.1) is 0 Å². The Bertz CT molecular complexity index is 1020. The van der Waals surface area contributed by atoms with Crippen molar-refractivity contribution in [1.82, 2.24) is 0 Å². The molecule has 0 fully saturated rings. The average molecular weight is 471 g/mol. The van der Waals surface area contributed by atoms with E-state index in [1.54, 1.807) is 12.1 Å². The summed E-state index contributed by atoms with van der Waals surface area (Å²) >= 11 is 0. The van der Waals surface area contributed by atoms with Crippen molar-refractivity contribution in [2.24, 2.45) is 0 Å². The standard InChI is InChI=1S/C32H38O3/c1-3-5-7-8-9-11-25-34-30-21-23-31(24-22-30)35-32(33)29-19-17-28(18-20-29)27-15-13-26(14-16-27)12-10-6-4-2/h3,13-24H,1,4-12,25H2,2H3. The van der Waals surface area contributed by atoms with Crippen LogP contribution in [-0.4, -0.2) is 12.6 Å². The van der Waals surface area contributed by atoms with Gasteiger partial charge in [-0.25, -0.2) is 4.79 Å². The zero-order valence-corrected chi connectivity index (χ0v) is 21.0. The van der Waals surface area contributed by atoms with Crippen molar-refractivity contribution >= 4 is 5.97 Å². The molecule has 0 saturated heterocycles. The third-order valence-corrected chi connectivity index (χ3v) is 6.08. The van der Waals surface area contributed by atoms with Crippen molar-refractivity contribution in [2.75, 3.05) is 6.61 Å². The summed E-state index contributed by atoms with van der Waals surface area (Å²) in [4.78, 5) is 12.6. The lowest BCUT2D eigenvalue weighted by Crippen LogP contribution is -2.08. The molecule has 0 atom stereocenters. The van der Waals surface area contributed by atoms with Crippen molar-refractivity contribution < 1.29 is 14.3 Å². The Morgan fingerprint density at radius 3 is 2.03 bits per heavy atom. The van der Waals surface area contributed by atoms with Crippen molar-refractivity contribution in [2.45, 2.75) is 64.7 Å². The highest BCUT2D eigenvalue weighted by Crippen LogP contribution is 2.23. The summed E-state index contributed by atoms with van der Waals surface area (Å²) in [5.41, 5.74) is 4.14. The van der Waals surface area contributed by atoms with Gasteiger partial charge in [-0.1, -0.05) is 75.1 Å². The smallest absolute Gasteiger partial charge is 0.343 e. The summed E-state index contributed by atoms with van der Waals surface area (Å²) in [5, 5.41) is 0. The molecule has 0 amide bonds. The van der Waals surface area contributed by atoms with E-state index >= 15 is 0 Å². The van der Waals surface area contributed by atoms with Crippen molar-refractivity contribution in [3.05, 3.63) is 96.6 Å². The molecule has 0 aromatic heterocycles. The van der Waals surface area contributed by atoms with Crippen LogP contribution in [-0.2, 0) is 6.42 Å². The fourth-order valence-electron chi connectivity index (χ4n) is 3.95. The minimum atomic E-state index is -0.365. The predicted octanol–water partition coefficient (Wildman–Crippen LogP) is 8.82. The van der Waals surface area contributed by atoms with E-state index in [0.29, 0.717) is 17.9 Å². The number of ether oxygens (including phenoxy) is 2. The van der Waals surface area contributed by atoms with Crippen LogP contribution in [0.5, 0.6) is 11.5 Å². The molecule has 0 heterocycles. The SMILES string of the molecule is C=CCCCCCCOc1ccc(OC(=O)c2ccc(-c3ccc(CCCCC)cc3)cc2)cc1. The van der Waals surface area contributed by atoms with Crippen LogP contribution >= 0.6 is 0 Å². The van der Waals surface area contributed by atoms with Gasteiger partial charge in [-0.05, 0) is 85.2 Å². The number of unbranched alkanes of at least 4 members (excludes halogenated alkanes) is 6. The Morgan fingerprint density at radius 1 is 0.743 bits per heavy atom. The quantitative estimate of drug-likeness (QED) is 0.0963. The Kier molecular flexibility index (Phi) is 11.1. The zero-order chi connectivity index (χ0) is 24.7. The number of esters is 1. The third-order valence-electron chi connectivity index (χ3n) is 6.08. The van der Waals surface area contributed by atoms with Crippen LogP contribution < -0.4 is 9.47 Å². The average Bonchev–Trinajstić information content (AvgIpc) is 2.90. The molecule has 184 valence electrons. The van der Waals surface area contributed by atoms with Crippen LogP contribution in [0.15, 0.2) is 85.5 Å². The second kappa shape index (κ2) is 14.8. The first-order valence-electron chi connectivity index (χ1n) is 12.9. The van der Waals surface area contributed by atoms with Gasteiger partial charge in [0.05, 0.1) is 12.2 Å². The molecule has 35 heavy (non-hydrogen) atoms. The van der Waals surface area contributed by atoms with Crippen LogP contribution in [0.1, 0.15) is 74.2 Å². The van der Waals surface area contributed by atoms with Gasteiger partial charge in [0.2, 0.25) is 0 Å². The van der Waals surface area contributed by atoms with E-state index < -0.39 is 0 Å². The summed E-state index contributed by atoms with van der Waals surface area (Å²) in [6, 6.07) is 23.5. The number of aryl methyl sites for hydroxylation is 1. The fraction of sp³-hybridized carbons (Fsp3) is 0.344. The number of carbonyl (C=O) groups is 1. The maximum atomic E-state index is 12.6. The lowest BCUT2D eigenvalue weighted by molar-refractivity contribution is 0.0734. The van der Waals surface area contributed by atoms with Crippen molar-refractivity contribution in [3.63, 3.8) is 0 Å². The van der Waals surface area contributed by atoms with Crippen LogP contribution in [0.2, 0.25) is 0 Å². The van der Waals surface area contributed by atoms with Gasteiger partial charge in [-0.3, -0.25) is 0 Å². The topological polar surface area (TPSA) is 35.5 Å². The van der Waals surface area contributed by atoms with Gasteiger partial charge < -0.3 is 9.47 Å². The third kappa shape index (κ3) is 9.09. The van der Waals surface area contributed by atoms with Gasteiger partial charge in [-0.2, -0.15) is 0 Å². The van der Waals surface area contributed by atoms with Crippen LogP contribution in [0.25, 0.3) is 11.1 Å². The lowest BCUT2D eigenvalue weighted by atomic mass is 10.0. The number of benzene rings is 3. The summed E-state index contributed by atoms with van der Waals surface area (Å²) in [6.07, 6.45) is 12.5. The largest absolute Gasteiger partial charge is 0.494 e. The summed E-state index contributed by atoms with van der Waals surface area (Å²) < 4.78 is 11.3. The molecule has 0 N–H and O–H groups in total. The molecule has 0 saturated carbocycles. The van der Waals surface area contributed by atoms with E-state index in [4.69, 9.17) is 9.47 Å². The van der Waals surface area contributed by atoms with E-state index in [2.05, 4.69) is 37.8 Å². The normalized spacial score (nSPS) is 10.7. The van der Waals surface area contributed by atoms with Crippen molar-refractivity contribution in [3.8, 4) is 22.6 Å². The molecule has 0 aliphatic carbocycles. The Morgan fingerprint density at radius 2 is 1.37 bits per heavy atom. The lowest BCUT2D eigenvalue weighted by Gasteiger charge is -2.09. The molecule has 0 spiro atoms. The molecule has 3 heteroatoms. The maximum absolute atomic E-state index is 12.6. The van der Waals surface area contributed by atoms with Gasteiger partial charge in [0.25, 0.3) is 0 Å². The Hall–Kier alpha value is -3.33. The fourth-order valence-corrected chi connectivity index (χ4v) is 3.95. The number of hydrogen-bond acceptors (Lipinski definition) is 3. The van der Waals surface area contributed by atoms with Gasteiger partial charge in [0.15, 0.2) is 0 Å². The molecular weight excluding hydrogens is 432 g/mol. The number of hydrogen-bond donors (Lipinski definition) is 0. The molecule has 3 aromatic rings. The van der Waals surface area contributed by atoms with Crippen LogP contribution in [0.4, 0.5) is 0 Å². The molecule has 3 rings (SSSR count). The molecule has 0 unspecified atom stereocenters. The van der Waals surface area contributed by atoms with E-state index in [9.17, 15) is 4.79 Å². The highest BCUT2D eigenvalue weighted by atomic mass is 16.5. The van der Waals surface area contributed by atoms with E-state index in [1.807, 2.05) is 42.5 Å². The zero-order valence-electron chi connectivity index (χ0n) is 21.0. The molecule has 3 aromatic carbocycles. The molecule has 3 nitrogen and oxygen atoms in total. The first-order chi connectivity index (χ1) is 17.2. The van der Waals surface area contributed by atoms with Crippen molar-refractivity contribution in [1.29, 1.82) is 0 Å². The van der Waals surface area contributed by atoms with Gasteiger partial charge in [0.1, 0.15) is 11.5 Å². The first kappa shape index (κ1) is 26.3. The number of carbonyl (C=O) groups excluding carboxylic acids is 1.